The maximum Gasteiger partial charge on any atom is 0.407 e. The summed E-state index contributed by atoms with van der Waals surface area (Å²) in [5.41, 5.74) is -1.09. The van der Waals surface area contributed by atoms with Crippen molar-refractivity contribution < 1.29 is 23.4 Å². The molecular weight excluding hydrogens is 292 g/mol. The summed E-state index contributed by atoms with van der Waals surface area (Å²) in [6, 6.07) is 2.96. The third-order valence-electron chi connectivity index (χ3n) is 4.43. The van der Waals surface area contributed by atoms with Gasteiger partial charge in [-0.25, -0.2) is 13.6 Å². The monoisotopic (exact) mass is 313 g/mol. The molecule has 0 saturated carbocycles. The average Bonchev–Trinajstić information content (AvgIpc) is 2.80. The summed E-state index contributed by atoms with van der Waals surface area (Å²) in [5.74, 6) is -1.37. The lowest BCUT2D eigenvalue weighted by Crippen LogP contribution is -2.58. The highest BCUT2D eigenvalue weighted by molar-refractivity contribution is 5.67. The van der Waals surface area contributed by atoms with Crippen LogP contribution < -0.4 is 4.74 Å². The quantitative estimate of drug-likeness (QED) is 0.920. The van der Waals surface area contributed by atoms with Crippen molar-refractivity contribution >= 4 is 6.09 Å². The van der Waals surface area contributed by atoms with Crippen LogP contribution in [0, 0.1) is 17.0 Å². The van der Waals surface area contributed by atoms with Crippen LogP contribution in [-0.2, 0) is 0 Å². The van der Waals surface area contributed by atoms with E-state index in [4.69, 9.17) is 4.74 Å². The number of benzene rings is 1. The van der Waals surface area contributed by atoms with Crippen LogP contribution in [-0.4, -0.2) is 34.8 Å². The Labute approximate surface area is 128 Å². The van der Waals surface area contributed by atoms with Gasteiger partial charge in [-0.2, -0.15) is 0 Å². The van der Waals surface area contributed by atoms with Crippen molar-refractivity contribution in [2.75, 3.05) is 13.2 Å². The minimum atomic E-state index is -0.999. The second-order valence-corrected chi connectivity index (χ2v) is 6.71. The first-order valence-corrected chi connectivity index (χ1v) is 7.25. The minimum absolute atomic E-state index is 0.0612. The number of carbonyl (C=O) groups is 1. The molecule has 1 aliphatic heterocycles. The predicted molar refractivity (Wildman–Crippen MR) is 78.0 cm³/mol. The fraction of sp³-hybridized carbons (Fsp3) is 0.562. The van der Waals surface area contributed by atoms with Crippen molar-refractivity contribution in [1.82, 2.24) is 4.90 Å². The molecule has 0 aromatic heterocycles. The Morgan fingerprint density at radius 2 is 1.91 bits per heavy atom. The van der Waals surface area contributed by atoms with Gasteiger partial charge in [-0.1, -0.05) is 20.8 Å². The Hall–Kier alpha value is -1.85. The molecule has 122 valence electrons. The number of ether oxygens (including phenoxy) is 1. The largest absolute Gasteiger partial charge is 0.491 e. The zero-order valence-electron chi connectivity index (χ0n) is 13.0. The van der Waals surface area contributed by atoms with E-state index in [0.717, 1.165) is 24.6 Å². The van der Waals surface area contributed by atoms with Gasteiger partial charge in [-0.15, -0.1) is 0 Å². The summed E-state index contributed by atoms with van der Waals surface area (Å²) in [4.78, 5) is 12.9. The molecule has 0 unspecified atom stereocenters. The van der Waals surface area contributed by atoms with E-state index in [9.17, 15) is 18.7 Å². The summed E-state index contributed by atoms with van der Waals surface area (Å²) in [5, 5.41) is 9.45. The Balaban J connectivity index is 2.26. The highest BCUT2D eigenvalue weighted by Crippen LogP contribution is 2.44. The van der Waals surface area contributed by atoms with Crippen LogP contribution in [0.3, 0.4) is 0 Å². The molecular formula is C16H21F2NO3. The van der Waals surface area contributed by atoms with Crippen molar-refractivity contribution in [3.63, 3.8) is 0 Å². The molecule has 1 aliphatic rings. The topological polar surface area (TPSA) is 49.8 Å². The van der Waals surface area contributed by atoms with E-state index in [-0.39, 0.29) is 17.8 Å². The zero-order valence-corrected chi connectivity index (χ0v) is 13.0. The molecule has 6 heteroatoms. The van der Waals surface area contributed by atoms with Crippen LogP contribution in [0.5, 0.6) is 5.75 Å². The molecule has 0 bridgehead atoms. The number of likely N-dealkylation sites (tertiary alicyclic amines) is 1. The fourth-order valence-corrected chi connectivity index (χ4v) is 3.12. The van der Waals surface area contributed by atoms with Crippen LogP contribution >= 0.6 is 0 Å². The number of hydrogen-bond acceptors (Lipinski definition) is 2. The van der Waals surface area contributed by atoms with E-state index in [1.54, 1.807) is 0 Å². The van der Waals surface area contributed by atoms with Gasteiger partial charge in [0, 0.05) is 24.7 Å². The van der Waals surface area contributed by atoms with Crippen LogP contribution in [0.2, 0.25) is 0 Å². The number of hydrogen-bond donors (Lipinski definition) is 1. The first-order valence-electron chi connectivity index (χ1n) is 7.25. The summed E-state index contributed by atoms with van der Waals surface area (Å²) in [6.45, 7) is 6.34. The number of carboxylic acid groups (broad SMARTS) is 1. The smallest absolute Gasteiger partial charge is 0.407 e. The molecule has 0 aliphatic carbocycles. The summed E-state index contributed by atoms with van der Waals surface area (Å²) in [6.07, 6.45) is 0.395. The van der Waals surface area contributed by atoms with Crippen molar-refractivity contribution in [1.29, 1.82) is 0 Å². The maximum atomic E-state index is 13.2. The number of nitrogens with zero attached hydrogens (tertiary/aromatic N) is 1. The predicted octanol–water partition coefficient (Wildman–Crippen LogP) is 3.90. The molecule has 4 nitrogen and oxygen atoms in total. The van der Waals surface area contributed by atoms with E-state index < -0.39 is 23.3 Å². The molecule has 1 atom stereocenters. The van der Waals surface area contributed by atoms with Crippen molar-refractivity contribution in [3.8, 4) is 5.75 Å². The molecule has 1 amide bonds. The van der Waals surface area contributed by atoms with Gasteiger partial charge in [0.05, 0.1) is 5.54 Å². The summed E-state index contributed by atoms with van der Waals surface area (Å²) < 4.78 is 32.1. The number of rotatable bonds is 3. The van der Waals surface area contributed by atoms with Gasteiger partial charge in [0.2, 0.25) is 0 Å². The summed E-state index contributed by atoms with van der Waals surface area (Å²) in [7, 11) is 0. The van der Waals surface area contributed by atoms with E-state index in [1.807, 2.05) is 20.8 Å². The Bertz CT molecular complexity index is 551. The summed E-state index contributed by atoms with van der Waals surface area (Å²) >= 11 is 0. The maximum absolute atomic E-state index is 13.2. The fourth-order valence-electron chi connectivity index (χ4n) is 3.12. The van der Waals surface area contributed by atoms with Gasteiger partial charge < -0.3 is 9.84 Å². The van der Waals surface area contributed by atoms with Crippen molar-refractivity contribution in [3.05, 3.63) is 29.8 Å². The highest BCUT2D eigenvalue weighted by atomic mass is 19.1. The third kappa shape index (κ3) is 3.00. The van der Waals surface area contributed by atoms with E-state index >= 15 is 0 Å². The second-order valence-electron chi connectivity index (χ2n) is 6.71. The Morgan fingerprint density at radius 3 is 2.41 bits per heavy atom. The van der Waals surface area contributed by atoms with E-state index in [0.29, 0.717) is 13.0 Å². The van der Waals surface area contributed by atoms with Crippen molar-refractivity contribution in [2.45, 2.75) is 39.2 Å². The average molecular weight is 313 g/mol. The number of amides is 1. The zero-order chi connectivity index (χ0) is 16.5. The molecule has 22 heavy (non-hydrogen) atoms. The van der Waals surface area contributed by atoms with Gasteiger partial charge in [-0.05, 0) is 18.3 Å². The molecule has 1 saturated heterocycles. The molecule has 0 spiro atoms. The van der Waals surface area contributed by atoms with Gasteiger partial charge in [-0.3, -0.25) is 4.90 Å². The SMILES string of the molecule is CC(C)(C)[C@]1(COc2cc(F)cc(F)c2)CCCN1C(=O)O. The lowest BCUT2D eigenvalue weighted by Gasteiger charge is -2.46. The van der Waals surface area contributed by atoms with Gasteiger partial charge in [0.1, 0.15) is 24.0 Å². The van der Waals surface area contributed by atoms with Crippen LogP contribution in [0.4, 0.5) is 13.6 Å². The first kappa shape index (κ1) is 16.5. The molecule has 1 aromatic rings. The standard InChI is InChI=1S/C16H21F2NO3/c1-15(2,3)16(5-4-6-19(16)14(20)21)10-22-13-8-11(17)7-12(18)9-13/h7-9H,4-6,10H2,1-3H3,(H,20,21)/t16-/m1/s1. The Morgan fingerprint density at radius 1 is 1.32 bits per heavy atom. The van der Waals surface area contributed by atoms with Crippen molar-refractivity contribution in [2.24, 2.45) is 5.41 Å². The highest BCUT2D eigenvalue weighted by Gasteiger charge is 2.52. The first-order chi connectivity index (χ1) is 10.2. The molecule has 1 fully saturated rings. The lowest BCUT2D eigenvalue weighted by atomic mass is 9.72. The lowest BCUT2D eigenvalue weighted by molar-refractivity contribution is -0.00382. The number of halogens is 2. The molecule has 1 aromatic carbocycles. The molecule has 1 heterocycles. The molecule has 0 radical (unpaired) electrons. The van der Waals surface area contributed by atoms with Crippen LogP contribution in [0.15, 0.2) is 18.2 Å². The van der Waals surface area contributed by atoms with Gasteiger partial charge in [0.15, 0.2) is 0 Å². The van der Waals surface area contributed by atoms with Gasteiger partial charge in [0.25, 0.3) is 0 Å². The van der Waals surface area contributed by atoms with Crippen LogP contribution in [0.1, 0.15) is 33.6 Å². The second kappa shape index (κ2) is 5.74. The van der Waals surface area contributed by atoms with Gasteiger partial charge >= 0.3 is 6.09 Å². The van der Waals surface area contributed by atoms with E-state index in [1.165, 1.54) is 4.90 Å². The third-order valence-corrected chi connectivity index (χ3v) is 4.43. The Kier molecular flexibility index (Phi) is 4.31. The van der Waals surface area contributed by atoms with Crippen LogP contribution in [0.25, 0.3) is 0 Å². The molecule has 2 rings (SSSR count). The normalized spacial score (nSPS) is 22.0. The minimum Gasteiger partial charge on any atom is -0.491 e. The molecule has 1 N–H and O–H groups in total. The van der Waals surface area contributed by atoms with E-state index in [2.05, 4.69) is 0 Å².